The monoisotopic (exact) mass is 411 g/mol. The lowest BCUT2D eigenvalue weighted by Gasteiger charge is -2.11. The molecule has 0 aliphatic heterocycles. The highest BCUT2D eigenvalue weighted by Crippen LogP contribution is 2.20. The predicted octanol–water partition coefficient (Wildman–Crippen LogP) is 5.05. The summed E-state index contributed by atoms with van der Waals surface area (Å²) >= 11 is 12.0. The zero-order chi connectivity index (χ0) is 19.9. The molecule has 2 N–H and O–H groups in total. The Bertz CT molecular complexity index is 1040. The van der Waals surface area contributed by atoms with Gasteiger partial charge in [0.15, 0.2) is 0 Å². The number of aromatic nitrogens is 1. The van der Waals surface area contributed by atoms with Gasteiger partial charge >= 0.3 is 0 Å². The minimum Gasteiger partial charge on any atom is -0.322 e. The number of anilines is 2. The first-order valence-electron chi connectivity index (χ1n) is 8.28. The van der Waals surface area contributed by atoms with E-state index in [1.54, 1.807) is 60.7 Å². The quantitative estimate of drug-likeness (QED) is 0.267. The summed E-state index contributed by atoms with van der Waals surface area (Å²) in [6.07, 6.45) is 2.92. The first-order chi connectivity index (χ1) is 13.5. The molecule has 2 amide bonds. The van der Waals surface area contributed by atoms with Crippen molar-refractivity contribution in [3.05, 3.63) is 94.2 Å². The summed E-state index contributed by atoms with van der Waals surface area (Å²) in [5.74, 6) is -1.18. The number of para-hydroxylation sites is 1. The molecule has 3 aromatic rings. The molecule has 0 atom stereocenters. The van der Waals surface area contributed by atoms with Crippen molar-refractivity contribution >= 4 is 52.5 Å². The minimum absolute atomic E-state index is 0.126. The van der Waals surface area contributed by atoms with Gasteiger partial charge in [0.25, 0.3) is 11.8 Å². The molecule has 0 fully saturated rings. The van der Waals surface area contributed by atoms with Gasteiger partial charge in [-0.2, -0.15) is 0 Å². The fourth-order valence-electron chi connectivity index (χ4n) is 2.38. The number of halogens is 2. The molecule has 2 aromatic carbocycles. The highest BCUT2D eigenvalue weighted by atomic mass is 35.5. The summed E-state index contributed by atoms with van der Waals surface area (Å²) in [7, 11) is 0. The zero-order valence-corrected chi connectivity index (χ0v) is 16.0. The van der Waals surface area contributed by atoms with Gasteiger partial charge in [-0.3, -0.25) is 9.59 Å². The minimum atomic E-state index is -0.601. The van der Waals surface area contributed by atoms with Crippen LogP contribution >= 0.6 is 23.2 Å². The Morgan fingerprint density at radius 2 is 1.50 bits per heavy atom. The van der Waals surface area contributed by atoms with Crippen LogP contribution in [0.25, 0.3) is 6.08 Å². The first kappa shape index (κ1) is 19.6. The van der Waals surface area contributed by atoms with Gasteiger partial charge in [-0.1, -0.05) is 53.5 Å². The lowest BCUT2D eigenvalue weighted by molar-refractivity contribution is -0.118. The fourth-order valence-corrected chi connectivity index (χ4v) is 2.74. The van der Waals surface area contributed by atoms with Crippen LogP contribution in [0.15, 0.2) is 78.5 Å². The summed E-state index contributed by atoms with van der Waals surface area (Å²) < 4.78 is 0. The summed E-state index contributed by atoms with van der Waals surface area (Å²) in [6.45, 7) is 0. The van der Waals surface area contributed by atoms with Crippen molar-refractivity contribution in [1.29, 1.82) is 0 Å². The van der Waals surface area contributed by atoms with Crippen molar-refractivity contribution in [2.24, 2.45) is 0 Å². The van der Waals surface area contributed by atoms with Crippen molar-refractivity contribution in [1.82, 2.24) is 4.98 Å². The number of benzene rings is 2. The maximum absolute atomic E-state index is 12.8. The lowest BCUT2D eigenvalue weighted by Crippen LogP contribution is -2.25. The van der Waals surface area contributed by atoms with Crippen LogP contribution in [0.3, 0.4) is 0 Å². The second-order valence-electron chi connectivity index (χ2n) is 5.73. The molecule has 1 aromatic heterocycles. The molecule has 7 heteroatoms. The van der Waals surface area contributed by atoms with Crippen LogP contribution in [0, 0.1) is 0 Å². The molecule has 0 saturated carbocycles. The Hall–Kier alpha value is -3.15. The van der Waals surface area contributed by atoms with Gasteiger partial charge in [-0.25, -0.2) is 4.98 Å². The number of nitrogens with one attached hydrogen (secondary N) is 2. The SMILES string of the molecule is O=C(Nc1ccccc1)/C(=C\c1cccnc1Cl)C(=O)Nc1cccc(Cl)c1. The van der Waals surface area contributed by atoms with E-state index in [2.05, 4.69) is 15.6 Å². The molecule has 0 aliphatic rings. The van der Waals surface area contributed by atoms with E-state index in [1.165, 1.54) is 12.3 Å². The van der Waals surface area contributed by atoms with Gasteiger partial charge < -0.3 is 10.6 Å². The van der Waals surface area contributed by atoms with Crippen molar-refractivity contribution in [3.8, 4) is 0 Å². The average molecular weight is 412 g/mol. The third kappa shape index (κ3) is 5.19. The van der Waals surface area contributed by atoms with Crippen LogP contribution in [-0.4, -0.2) is 16.8 Å². The smallest absolute Gasteiger partial charge is 0.261 e. The van der Waals surface area contributed by atoms with E-state index in [9.17, 15) is 9.59 Å². The van der Waals surface area contributed by atoms with Crippen LogP contribution in [0.2, 0.25) is 10.2 Å². The fraction of sp³-hybridized carbons (Fsp3) is 0. The second kappa shape index (κ2) is 9.17. The third-order valence-corrected chi connectivity index (χ3v) is 4.24. The molecule has 0 bridgehead atoms. The van der Waals surface area contributed by atoms with Gasteiger partial charge in [0.2, 0.25) is 0 Å². The molecular formula is C21H15Cl2N3O2. The van der Waals surface area contributed by atoms with Gasteiger partial charge in [0, 0.05) is 28.2 Å². The van der Waals surface area contributed by atoms with Crippen LogP contribution in [0.4, 0.5) is 11.4 Å². The number of hydrogen-bond donors (Lipinski definition) is 2. The van der Waals surface area contributed by atoms with Crippen LogP contribution in [-0.2, 0) is 9.59 Å². The van der Waals surface area contributed by atoms with E-state index in [4.69, 9.17) is 23.2 Å². The van der Waals surface area contributed by atoms with Crippen LogP contribution in [0.1, 0.15) is 5.56 Å². The number of amides is 2. The molecule has 0 spiro atoms. The summed E-state index contributed by atoms with van der Waals surface area (Å²) in [4.78, 5) is 29.6. The van der Waals surface area contributed by atoms with Crippen LogP contribution in [0.5, 0.6) is 0 Å². The maximum Gasteiger partial charge on any atom is 0.261 e. The lowest BCUT2D eigenvalue weighted by atomic mass is 10.1. The molecule has 1 heterocycles. The maximum atomic E-state index is 12.8. The second-order valence-corrected chi connectivity index (χ2v) is 6.52. The Kier molecular flexibility index (Phi) is 6.42. The Morgan fingerprint density at radius 3 is 2.18 bits per heavy atom. The normalized spacial score (nSPS) is 11.0. The number of nitrogens with zero attached hydrogens (tertiary/aromatic N) is 1. The Labute approximate surface area is 172 Å². The highest BCUT2D eigenvalue weighted by molar-refractivity contribution is 6.33. The Morgan fingerprint density at radius 1 is 0.821 bits per heavy atom. The number of carbonyl (C=O) groups excluding carboxylic acids is 2. The first-order valence-corrected chi connectivity index (χ1v) is 9.04. The van der Waals surface area contributed by atoms with E-state index in [-0.39, 0.29) is 10.7 Å². The zero-order valence-electron chi connectivity index (χ0n) is 14.5. The van der Waals surface area contributed by atoms with Crippen molar-refractivity contribution in [2.75, 3.05) is 10.6 Å². The number of carbonyl (C=O) groups is 2. The van der Waals surface area contributed by atoms with E-state index in [1.807, 2.05) is 6.07 Å². The number of pyridine rings is 1. The largest absolute Gasteiger partial charge is 0.322 e. The molecular weight excluding hydrogens is 397 g/mol. The number of rotatable bonds is 5. The Balaban J connectivity index is 1.92. The van der Waals surface area contributed by atoms with Crippen molar-refractivity contribution in [3.63, 3.8) is 0 Å². The molecule has 140 valence electrons. The van der Waals surface area contributed by atoms with E-state index >= 15 is 0 Å². The van der Waals surface area contributed by atoms with Crippen molar-refractivity contribution < 1.29 is 9.59 Å². The molecule has 0 radical (unpaired) electrons. The van der Waals surface area contributed by atoms with E-state index in [0.717, 1.165) is 0 Å². The highest BCUT2D eigenvalue weighted by Gasteiger charge is 2.20. The van der Waals surface area contributed by atoms with Gasteiger partial charge in [0.05, 0.1) is 0 Å². The van der Waals surface area contributed by atoms with Gasteiger partial charge in [0.1, 0.15) is 10.7 Å². The van der Waals surface area contributed by atoms with Crippen LogP contribution < -0.4 is 10.6 Å². The van der Waals surface area contributed by atoms with Crippen molar-refractivity contribution in [2.45, 2.75) is 0 Å². The standard InChI is InChI=1S/C21H15Cl2N3O2/c22-15-7-4-10-17(13-15)26-21(28)18(12-14-6-5-11-24-19(14)23)20(27)25-16-8-2-1-3-9-16/h1-13H,(H,25,27)(H,26,28)/b18-12+. The molecule has 0 saturated heterocycles. The number of hydrogen-bond acceptors (Lipinski definition) is 3. The summed E-state index contributed by atoms with van der Waals surface area (Å²) in [5, 5.41) is 6.02. The van der Waals surface area contributed by atoms with Gasteiger partial charge in [-0.15, -0.1) is 0 Å². The average Bonchev–Trinajstić information content (AvgIpc) is 2.68. The molecule has 28 heavy (non-hydrogen) atoms. The topological polar surface area (TPSA) is 71.1 Å². The molecule has 0 aliphatic carbocycles. The van der Waals surface area contributed by atoms with E-state index in [0.29, 0.717) is 22.0 Å². The third-order valence-electron chi connectivity index (χ3n) is 3.69. The molecule has 5 nitrogen and oxygen atoms in total. The summed E-state index contributed by atoms with van der Waals surface area (Å²) in [6, 6.07) is 18.8. The molecule has 3 rings (SSSR count). The molecule has 0 unspecified atom stereocenters. The van der Waals surface area contributed by atoms with Gasteiger partial charge in [-0.05, 0) is 42.5 Å². The van der Waals surface area contributed by atoms with E-state index < -0.39 is 11.8 Å². The summed E-state index contributed by atoms with van der Waals surface area (Å²) in [5.41, 5.74) is 1.35. The predicted molar refractivity (Wildman–Crippen MR) is 112 cm³/mol.